The van der Waals surface area contributed by atoms with Gasteiger partial charge in [-0.3, -0.25) is 0 Å². The highest BCUT2D eigenvalue weighted by Crippen LogP contribution is 2.21. The number of hydrogen-bond acceptors (Lipinski definition) is 5. The van der Waals surface area contributed by atoms with Crippen molar-refractivity contribution in [2.45, 2.75) is 6.54 Å². The minimum atomic E-state index is -0.361. The lowest BCUT2D eigenvalue weighted by Crippen LogP contribution is -2.05. The van der Waals surface area contributed by atoms with Gasteiger partial charge in [0, 0.05) is 6.54 Å². The molecule has 7 heteroatoms. The third-order valence-corrected chi connectivity index (χ3v) is 4.01. The van der Waals surface area contributed by atoms with Crippen molar-refractivity contribution in [2.24, 2.45) is 0 Å². The van der Waals surface area contributed by atoms with Crippen LogP contribution in [0.1, 0.15) is 5.56 Å². The molecule has 0 saturated heterocycles. The lowest BCUT2D eigenvalue weighted by Gasteiger charge is -2.07. The molecule has 0 saturated carbocycles. The predicted octanol–water partition coefficient (Wildman–Crippen LogP) is 3.55. The number of rotatable bonds is 5. The lowest BCUT2D eigenvalue weighted by molar-refractivity contribution is 0.414. The topological polar surface area (TPSA) is 64.3 Å². The molecule has 0 aliphatic carbocycles. The summed E-state index contributed by atoms with van der Waals surface area (Å²) in [5.74, 6) is 1.46. The standard InChI is InChI=1S/C19H16FN5O/c1-26-14-8-6-13(7-9-14)12-21-17-10-11-18-22-23-19(25(18)24-17)15-4-2-3-5-16(15)20/h2-11H,12H2,1H3,(H,21,24). The summed E-state index contributed by atoms with van der Waals surface area (Å²) in [4.78, 5) is 0. The Bertz CT molecular complexity index is 1050. The summed E-state index contributed by atoms with van der Waals surface area (Å²) in [5.41, 5.74) is 2.00. The van der Waals surface area contributed by atoms with Crippen molar-refractivity contribution in [1.29, 1.82) is 0 Å². The van der Waals surface area contributed by atoms with Crippen molar-refractivity contribution in [2.75, 3.05) is 12.4 Å². The van der Waals surface area contributed by atoms with Crippen molar-refractivity contribution in [3.8, 4) is 17.1 Å². The van der Waals surface area contributed by atoms with Crippen molar-refractivity contribution in [1.82, 2.24) is 19.8 Å². The SMILES string of the molecule is COc1ccc(CNc2ccc3nnc(-c4ccccc4F)n3n2)cc1. The first kappa shape index (κ1) is 16.0. The van der Waals surface area contributed by atoms with Gasteiger partial charge in [-0.2, -0.15) is 4.52 Å². The van der Waals surface area contributed by atoms with Crippen molar-refractivity contribution < 1.29 is 9.13 Å². The minimum Gasteiger partial charge on any atom is -0.497 e. The van der Waals surface area contributed by atoms with Gasteiger partial charge in [-0.05, 0) is 42.0 Å². The summed E-state index contributed by atoms with van der Waals surface area (Å²) >= 11 is 0. The average Bonchev–Trinajstić information content (AvgIpc) is 3.10. The Kier molecular flexibility index (Phi) is 4.18. The van der Waals surface area contributed by atoms with E-state index in [4.69, 9.17) is 4.74 Å². The molecule has 6 nitrogen and oxygen atoms in total. The Labute approximate surface area is 149 Å². The molecule has 0 fully saturated rings. The summed E-state index contributed by atoms with van der Waals surface area (Å²) in [5, 5.41) is 15.9. The van der Waals surface area contributed by atoms with Gasteiger partial charge in [0.2, 0.25) is 0 Å². The fourth-order valence-corrected chi connectivity index (χ4v) is 2.63. The molecule has 2 heterocycles. The number of hydrogen-bond donors (Lipinski definition) is 1. The maximum Gasteiger partial charge on any atom is 0.188 e. The summed E-state index contributed by atoms with van der Waals surface area (Å²) in [6, 6.07) is 17.8. The monoisotopic (exact) mass is 349 g/mol. The summed E-state index contributed by atoms with van der Waals surface area (Å²) in [6.07, 6.45) is 0. The van der Waals surface area contributed by atoms with E-state index in [9.17, 15) is 4.39 Å². The van der Waals surface area contributed by atoms with Gasteiger partial charge >= 0.3 is 0 Å². The Morgan fingerprint density at radius 1 is 1.00 bits per heavy atom. The quantitative estimate of drug-likeness (QED) is 0.597. The summed E-state index contributed by atoms with van der Waals surface area (Å²) in [6.45, 7) is 0.597. The molecule has 0 atom stereocenters. The van der Waals surface area contributed by atoms with E-state index in [0.717, 1.165) is 11.3 Å². The minimum absolute atomic E-state index is 0.361. The number of aromatic nitrogens is 4. The van der Waals surface area contributed by atoms with Crippen LogP contribution in [0.4, 0.5) is 10.2 Å². The number of fused-ring (bicyclic) bond motifs is 1. The van der Waals surface area contributed by atoms with Gasteiger partial charge in [0.1, 0.15) is 17.4 Å². The predicted molar refractivity (Wildman–Crippen MR) is 96.5 cm³/mol. The molecule has 1 N–H and O–H groups in total. The number of halogens is 1. The van der Waals surface area contributed by atoms with E-state index in [1.165, 1.54) is 10.6 Å². The van der Waals surface area contributed by atoms with Crippen LogP contribution in [0.3, 0.4) is 0 Å². The van der Waals surface area contributed by atoms with Gasteiger partial charge in [-0.15, -0.1) is 15.3 Å². The number of anilines is 1. The Morgan fingerprint density at radius 2 is 1.81 bits per heavy atom. The molecular formula is C19H16FN5O. The highest BCUT2D eigenvalue weighted by molar-refractivity contribution is 5.60. The first-order valence-electron chi connectivity index (χ1n) is 8.09. The van der Waals surface area contributed by atoms with E-state index < -0.39 is 0 Å². The molecule has 2 aromatic heterocycles. The van der Waals surface area contributed by atoms with Crippen LogP contribution in [0.2, 0.25) is 0 Å². The van der Waals surface area contributed by atoms with Gasteiger partial charge < -0.3 is 10.1 Å². The number of nitrogens with one attached hydrogen (secondary N) is 1. The van der Waals surface area contributed by atoms with E-state index in [-0.39, 0.29) is 5.82 Å². The van der Waals surface area contributed by atoms with Crippen molar-refractivity contribution in [3.05, 3.63) is 72.0 Å². The number of benzene rings is 2. The maximum atomic E-state index is 14.1. The van der Waals surface area contributed by atoms with E-state index in [1.807, 2.05) is 30.3 Å². The van der Waals surface area contributed by atoms with Crippen LogP contribution in [0.5, 0.6) is 5.75 Å². The first-order chi connectivity index (χ1) is 12.7. The molecule has 26 heavy (non-hydrogen) atoms. The molecule has 130 valence electrons. The Balaban J connectivity index is 1.60. The first-order valence-corrected chi connectivity index (χ1v) is 8.09. The highest BCUT2D eigenvalue weighted by Gasteiger charge is 2.13. The molecule has 4 aromatic rings. The normalized spacial score (nSPS) is 10.8. The van der Waals surface area contributed by atoms with Crippen LogP contribution >= 0.6 is 0 Å². The van der Waals surface area contributed by atoms with Crippen LogP contribution in [-0.2, 0) is 6.54 Å². The molecule has 0 aliphatic rings. The molecule has 0 unspecified atom stereocenters. The highest BCUT2D eigenvalue weighted by atomic mass is 19.1. The number of nitrogens with zero attached hydrogens (tertiary/aromatic N) is 4. The average molecular weight is 349 g/mol. The van der Waals surface area contributed by atoms with Crippen LogP contribution in [0.15, 0.2) is 60.7 Å². The Morgan fingerprint density at radius 3 is 2.58 bits per heavy atom. The van der Waals surface area contributed by atoms with E-state index in [0.29, 0.717) is 29.4 Å². The van der Waals surface area contributed by atoms with E-state index in [2.05, 4.69) is 20.6 Å². The second kappa shape index (κ2) is 6.79. The zero-order valence-corrected chi connectivity index (χ0v) is 14.1. The van der Waals surface area contributed by atoms with Gasteiger partial charge in [0.25, 0.3) is 0 Å². The molecule has 0 radical (unpaired) electrons. The van der Waals surface area contributed by atoms with Crippen LogP contribution in [0.25, 0.3) is 17.0 Å². The van der Waals surface area contributed by atoms with E-state index in [1.54, 1.807) is 31.4 Å². The van der Waals surface area contributed by atoms with Gasteiger partial charge in [0.05, 0.1) is 12.7 Å². The van der Waals surface area contributed by atoms with E-state index >= 15 is 0 Å². The number of ether oxygens (including phenoxy) is 1. The van der Waals surface area contributed by atoms with Gasteiger partial charge in [-0.1, -0.05) is 24.3 Å². The molecule has 0 spiro atoms. The van der Waals surface area contributed by atoms with Crippen LogP contribution in [0, 0.1) is 5.82 Å². The molecule has 0 bridgehead atoms. The third kappa shape index (κ3) is 3.06. The fourth-order valence-electron chi connectivity index (χ4n) is 2.63. The lowest BCUT2D eigenvalue weighted by atomic mass is 10.2. The molecule has 0 aliphatic heterocycles. The summed E-state index contributed by atoms with van der Waals surface area (Å²) < 4.78 is 20.8. The second-order valence-electron chi connectivity index (χ2n) is 5.69. The fraction of sp³-hybridized carbons (Fsp3) is 0.105. The van der Waals surface area contributed by atoms with Gasteiger partial charge in [0.15, 0.2) is 11.5 Å². The second-order valence-corrected chi connectivity index (χ2v) is 5.69. The Hall–Kier alpha value is -3.48. The zero-order chi connectivity index (χ0) is 17.9. The zero-order valence-electron chi connectivity index (χ0n) is 14.1. The smallest absolute Gasteiger partial charge is 0.188 e. The molecule has 0 amide bonds. The van der Waals surface area contributed by atoms with Crippen molar-refractivity contribution >= 4 is 11.5 Å². The van der Waals surface area contributed by atoms with Gasteiger partial charge in [-0.25, -0.2) is 4.39 Å². The molecule has 4 rings (SSSR count). The number of methoxy groups -OCH3 is 1. The van der Waals surface area contributed by atoms with Crippen molar-refractivity contribution in [3.63, 3.8) is 0 Å². The summed E-state index contributed by atoms with van der Waals surface area (Å²) in [7, 11) is 1.64. The largest absolute Gasteiger partial charge is 0.497 e. The maximum absolute atomic E-state index is 14.1. The van der Waals surface area contributed by atoms with Crippen LogP contribution in [-0.4, -0.2) is 26.9 Å². The molecular weight excluding hydrogens is 333 g/mol. The van der Waals surface area contributed by atoms with Crippen LogP contribution < -0.4 is 10.1 Å². The third-order valence-electron chi connectivity index (χ3n) is 4.01. The molecule has 2 aromatic carbocycles.